The first-order valence-corrected chi connectivity index (χ1v) is 18.8. The molecule has 0 spiro atoms. The summed E-state index contributed by atoms with van der Waals surface area (Å²) in [5.41, 5.74) is 0. The Bertz CT molecular complexity index is 823. The Morgan fingerprint density at radius 3 is 1.30 bits per heavy atom. The number of allylic oxidation sites excluding steroid dienone is 10. The Labute approximate surface area is 283 Å². The first-order valence-electron chi connectivity index (χ1n) is 18.8. The molecule has 0 aliphatic rings. The van der Waals surface area contributed by atoms with Crippen molar-refractivity contribution in [3.8, 4) is 0 Å². The zero-order valence-electron chi connectivity index (χ0n) is 29.8. The van der Waals surface area contributed by atoms with Crippen LogP contribution in [0, 0.1) is 0 Å². The van der Waals surface area contributed by atoms with E-state index in [-0.39, 0.29) is 25.2 Å². The molecule has 0 amide bonds. The molecule has 0 saturated heterocycles. The van der Waals surface area contributed by atoms with Crippen molar-refractivity contribution in [2.24, 2.45) is 0 Å². The third-order valence-electron chi connectivity index (χ3n) is 7.78. The predicted octanol–water partition coefficient (Wildman–Crippen LogP) is 11.6. The molecule has 1 atom stereocenters. The maximum absolute atomic E-state index is 12.1. The zero-order chi connectivity index (χ0) is 33.6. The van der Waals surface area contributed by atoms with Crippen molar-refractivity contribution in [2.75, 3.05) is 13.2 Å². The van der Waals surface area contributed by atoms with E-state index in [0.29, 0.717) is 12.8 Å². The topological polar surface area (TPSA) is 72.8 Å². The lowest BCUT2D eigenvalue weighted by molar-refractivity contribution is -0.161. The molecule has 5 nitrogen and oxygen atoms in total. The predicted molar refractivity (Wildman–Crippen MR) is 196 cm³/mol. The zero-order valence-corrected chi connectivity index (χ0v) is 29.8. The second kappa shape index (κ2) is 37.1. The molecule has 5 heteroatoms. The van der Waals surface area contributed by atoms with E-state index in [9.17, 15) is 14.7 Å². The van der Waals surface area contributed by atoms with Gasteiger partial charge >= 0.3 is 11.9 Å². The van der Waals surface area contributed by atoms with Crippen molar-refractivity contribution in [3.05, 3.63) is 60.8 Å². The van der Waals surface area contributed by atoms with E-state index in [4.69, 9.17) is 9.47 Å². The number of carbonyl (C=O) groups is 2. The van der Waals surface area contributed by atoms with E-state index in [1.807, 2.05) is 0 Å². The minimum Gasteiger partial charge on any atom is -0.462 e. The third-order valence-corrected chi connectivity index (χ3v) is 7.78. The summed E-state index contributed by atoms with van der Waals surface area (Å²) in [7, 11) is 0. The molecule has 0 aliphatic heterocycles. The van der Waals surface area contributed by atoms with Gasteiger partial charge in [0.1, 0.15) is 6.61 Å². The molecule has 0 saturated carbocycles. The minimum absolute atomic E-state index is 0.0856. The first kappa shape index (κ1) is 43.6. The fourth-order valence-corrected chi connectivity index (χ4v) is 4.88. The van der Waals surface area contributed by atoms with Gasteiger partial charge in [-0.05, 0) is 83.5 Å². The van der Waals surface area contributed by atoms with E-state index in [1.54, 1.807) is 0 Å². The summed E-state index contributed by atoms with van der Waals surface area (Å²) in [6.07, 6.45) is 47.0. The molecule has 0 rings (SSSR count). The normalized spacial score (nSPS) is 12.8. The van der Waals surface area contributed by atoms with Crippen LogP contribution < -0.4 is 0 Å². The molecule has 0 aliphatic carbocycles. The number of ether oxygens (including phenoxy) is 2. The Morgan fingerprint density at radius 1 is 0.500 bits per heavy atom. The fraction of sp³-hybridized carbons (Fsp3) is 0.707. The average molecular weight is 643 g/mol. The van der Waals surface area contributed by atoms with Crippen molar-refractivity contribution in [3.63, 3.8) is 0 Å². The van der Waals surface area contributed by atoms with E-state index >= 15 is 0 Å². The largest absolute Gasteiger partial charge is 0.462 e. The molecule has 0 aromatic rings. The number of hydrogen-bond donors (Lipinski definition) is 1. The van der Waals surface area contributed by atoms with Gasteiger partial charge in [-0.15, -0.1) is 0 Å². The van der Waals surface area contributed by atoms with Crippen LogP contribution in [-0.4, -0.2) is 36.4 Å². The van der Waals surface area contributed by atoms with Crippen LogP contribution in [0.25, 0.3) is 0 Å². The summed E-state index contributed by atoms with van der Waals surface area (Å²) >= 11 is 0. The molecular formula is C41H70O5. The fourth-order valence-electron chi connectivity index (χ4n) is 4.88. The second-order valence-corrected chi connectivity index (χ2v) is 12.3. The molecule has 0 fully saturated rings. The number of carbonyl (C=O) groups excluding carboxylic acids is 2. The summed E-state index contributed by atoms with van der Waals surface area (Å²) < 4.78 is 10.6. The van der Waals surface area contributed by atoms with Gasteiger partial charge in [0.05, 0.1) is 6.61 Å². The molecule has 0 aromatic carbocycles. The average Bonchev–Trinajstić information content (AvgIpc) is 3.06. The molecule has 0 bridgehead atoms. The molecule has 0 aromatic heterocycles. The minimum atomic E-state index is -0.789. The van der Waals surface area contributed by atoms with Gasteiger partial charge in [-0.2, -0.15) is 0 Å². The van der Waals surface area contributed by atoms with Crippen LogP contribution in [0.15, 0.2) is 60.8 Å². The van der Waals surface area contributed by atoms with Crippen molar-refractivity contribution >= 4 is 11.9 Å². The van der Waals surface area contributed by atoms with Crippen molar-refractivity contribution in [1.29, 1.82) is 0 Å². The van der Waals surface area contributed by atoms with Crippen LogP contribution in [0.2, 0.25) is 0 Å². The Morgan fingerprint density at radius 2 is 0.870 bits per heavy atom. The summed E-state index contributed by atoms with van der Waals surface area (Å²) in [4.78, 5) is 24.2. The van der Waals surface area contributed by atoms with Gasteiger partial charge in [-0.25, -0.2) is 0 Å². The Hall–Kier alpha value is -2.40. The number of aliphatic hydroxyl groups is 1. The highest BCUT2D eigenvalue weighted by Crippen LogP contribution is 2.11. The number of unbranched alkanes of at least 4 members (excludes halogenated alkanes) is 15. The monoisotopic (exact) mass is 643 g/mol. The SMILES string of the molecule is CCCCC/C=C/C/C=C/C/C=C/CCCCCCC(=O)OC[C@H](CO)OC(=O)CCCCCCC/C=C/C/C=C/CCCCC. The van der Waals surface area contributed by atoms with Crippen LogP contribution in [0.1, 0.15) is 168 Å². The summed E-state index contributed by atoms with van der Waals surface area (Å²) in [5.74, 6) is -0.637. The molecular weight excluding hydrogens is 572 g/mol. The third kappa shape index (κ3) is 34.5. The van der Waals surface area contributed by atoms with Gasteiger partial charge in [0.25, 0.3) is 0 Å². The molecule has 0 unspecified atom stereocenters. The smallest absolute Gasteiger partial charge is 0.306 e. The Kier molecular flexibility index (Phi) is 35.1. The van der Waals surface area contributed by atoms with Gasteiger partial charge in [0.15, 0.2) is 6.10 Å². The molecule has 264 valence electrons. The lowest BCUT2D eigenvalue weighted by atomic mass is 10.1. The second-order valence-electron chi connectivity index (χ2n) is 12.3. The van der Waals surface area contributed by atoms with Gasteiger partial charge in [0.2, 0.25) is 0 Å². The van der Waals surface area contributed by atoms with E-state index in [2.05, 4.69) is 74.6 Å². The highest BCUT2D eigenvalue weighted by atomic mass is 16.6. The standard InChI is InChI=1S/C41H70O5/c1-3-5-7-9-11-13-15-17-19-20-22-23-25-27-29-31-33-35-40(43)45-38-39(37-42)46-41(44)36-34-32-30-28-26-24-21-18-16-14-12-10-8-6-4-2/h11-14,17-19,21-23,39,42H,3-10,15-16,20,24-38H2,1-2H3/b13-11+,14-12+,19-17+,21-18+,23-22+/t39-/m0/s1. The molecule has 1 N–H and O–H groups in total. The number of aliphatic hydroxyl groups excluding tert-OH is 1. The van der Waals surface area contributed by atoms with Crippen LogP contribution in [0.4, 0.5) is 0 Å². The molecule has 46 heavy (non-hydrogen) atoms. The van der Waals surface area contributed by atoms with E-state index in [1.165, 1.54) is 57.8 Å². The maximum Gasteiger partial charge on any atom is 0.306 e. The van der Waals surface area contributed by atoms with E-state index < -0.39 is 6.10 Å². The van der Waals surface area contributed by atoms with Crippen molar-refractivity contribution in [1.82, 2.24) is 0 Å². The van der Waals surface area contributed by atoms with Crippen LogP contribution in [0.3, 0.4) is 0 Å². The van der Waals surface area contributed by atoms with Crippen LogP contribution >= 0.6 is 0 Å². The molecule has 0 radical (unpaired) electrons. The summed E-state index contributed by atoms with van der Waals surface area (Å²) in [5, 5.41) is 9.53. The summed E-state index contributed by atoms with van der Waals surface area (Å²) in [6.45, 7) is 4.03. The van der Waals surface area contributed by atoms with Crippen molar-refractivity contribution < 1.29 is 24.2 Å². The highest BCUT2D eigenvalue weighted by molar-refractivity contribution is 5.70. The number of rotatable bonds is 33. The Balaban J connectivity index is 3.66. The lowest BCUT2D eigenvalue weighted by Gasteiger charge is -2.15. The van der Waals surface area contributed by atoms with Gasteiger partial charge < -0.3 is 14.6 Å². The van der Waals surface area contributed by atoms with Crippen LogP contribution in [0.5, 0.6) is 0 Å². The number of hydrogen-bond acceptors (Lipinski definition) is 5. The molecule has 0 heterocycles. The quantitative estimate of drug-likeness (QED) is 0.0438. The van der Waals surface area contributed by atoms with E-state index in [0.717, 1.165) is 83.5 Å². The maximum atomic E-state index is 12.1. The first-order chi connectivity index (χ1) is 22.6. The van der Waals surface area contributed by atoms with Crippen LogP contribution in [-0.2, 0) is 19.1 Å². The summed E-state index contributed by atoms with van der Waals surface area (Å²) in [6, 6.07) is 0. The van der Waals surface area contributed by atoms with Gasteiger partial charge in [-0.3, -0.25) is 9.59 Å². The van der Waals surface area contributed by atoms with Gasteiger partial charge in [0, 0.05) is 12.8 Å². The van der Waals surface area contributed by atoms with Crippen molar-refractivity contribution in [2.45, 2.75) is 174 Å². The van der Waals surface area contributed by atoms with Gasteiger partial charge in [-0.1, -0.05) is 132 Å². The number of esters is 2. The lowest BCUT2D eigenvalue weighted by Crippen LogP contribution is -2.28. The highest BCUT2D eigenvalue weighted by Gasteiger charge is 2.16.